The Labute approximate surface area is 54.9 Å². The lowest BCUT2D eigenvalue weighted by atomic mass is 9.79. The minimum Gasteiger partial charge on any atom is -0.323 e. The molecule has 0 aromatic heterocycles. The maximum atomic E-state index is 11.7. The molecule has 0 bridgehead atoms. The van der Waals surface area contributed by atoms with Gasteiger partial charge in [-0.3, -0.25) is 0 Å². The van der Waals surface area contributed by atoms with Crippen LogP contribution in [0, 0.1) is 0 Å². The van der Waals surface area contributed by atoms with Crippen LogP contribution < -0.4 is 5.73 Å². The zero-order chi connectivity index (χ0) is 5.33. The Hall–Kier alpha value is 0.180. The Bertz CT molecular complexity index is 67.3. The maximum Gasteiger partial charge on any atom is 0.107 e. The summed E-state index contributed by atoms with van der Waals surface area (Å²) < 4.78 is 11.7. The number of alkyl halides is 1. The Morgan fingerprint density at radius 2 is 2.00 bits per heavy atom. The number of rotatable bonds is 1. The molecule has 0 heterocycles. The van der Waals surface area contributed by atoms with Gasteiger partial charge in [0.25, 0.3) is 0 Å². The Kier molecular flexibility index (Phi) is 2.71. The van der Waals surface area contributed by atoms with Crippen molar-refractivity contribution in [2.24, 2.45) is 5.73 Å². The van der Waals surface area contributed by atoms with E-state index in [1.54, 1.807) is 0 Å². The highest BCUT2D eigenvalue weighted by Crippen LogP contribution is 2.28. The molecule has 1 aliphatic rings. The third-order valence-corrected chi connectivity index (χ3v) is 1.62. The average molecular weight is 140 g/mol. The molecule has 0 aliphatic heterocycles. The van der Waals surface area contributed by atoms with Gasteiger partial charge < -0.3 is 5.73 Å². The van der Waals surface area contributed by atoms with E-state index in [0.29, 0.717) is 0 Å². The van der Waals surface area contributed by atoms with Gasteiger partial charge in [0.2, 0.25) is 0 Å². The molecule has 2 N–H and O–H groups in total. The van der Waals surface area contributed by atoms with Crippen LogP contribution in [0.1, 0.15) is 19.3 Å². The van der Waals surface area contributed by atoms with E-state index in [4.69, 9.17) is 5.73 Å². The van der Waals surface area contributed by atoms with E-state index in [9.17, 15) is 4.39 Å². The number of hydrogen-bond donors (Lipinski definition) is 1. The van der Waals surface area contributed by atoms with E-state index in [1.807, 2.05) is 0 Å². The predicted molar refractivity (Wildman–Crippen MR) is 34.0 cm³/mol. The average Bonchev–Trinajstić information content (AvgIpc) is 1.61. The van der Waals surface area contributed by atoms with Crippen LogP contribution in [-0.4, -0.2) is 12.2 Å². The van der Waals surface area contributed by atoms with Gasteiger partial charge in [0, 0.05) is 5.54 Å². The standard InChI is InChI=1S/C5H10FN.ClH/c6-4-5(7)2-1-3-5;/h1-4,7H2;1H. The van der Waals surface area contributed by atoms with Crippen molar-refractivity contribution in [3.63, 3.8) is 0 Å². The minimum atomic E-state index is -0.403. The smallest absolute Gasteiger partial charge is 0.107 e. The van der Waals surface area contributed by atoms with Crippen LogP contribution in [0.4, 0.5) is 4.39 Å². The lowest BCUT2D eigenvalue weighted by Crippen LogP contribution is -2.48. The molecule has 0 unspecified atom stereocenters. The van der Waals surface area contributed by atoms with Gasteiger partial charge in [0.1, 0.15) is 6.67 Å². The Morgan fingerprint density at radius 3 is 2.00 bits per heavy atom. The molecular formula is C5H11ClFN. The zero-order valence-corrected chi connectivity index (χ0v) is 5.51. The highest BCUT2D eigenvalue weighted by Gasteiger charge is 2.31. The van der Waals surface area contributed by atoms with Gasteiger partial charge in [0.15, 0.2) is 0 Å². The number of nitrogens with two attached hydrogens (primary N) is 1. The molecular weight excluding hydrogens is 129 g/mol. The lowest BCUT2D eigenvalue weighted by Gasteiger charge is -2.34. The first-order valence-corrected chi connectivity index (χ1v) is 2.62. The van der Waals surface area contributed by atoms with Crippen molar-refractivity contribution in [2.45, 2.75) is 24.8 Å². The molecule has 3 heteroatoms. The molecule has 0 saturated heterocycles. The van der Waals surface area contributed by atoms with Crippen molar-refractivity contribution in [3.05, 3.63) is 0 Å². The normalized spacial score (nSPS) is 23.2. The van der Waals surface area contributed by atoms with Gasteiger partial charge in [-0.2, -0.15) is 0 Å². The second-order valence-electron chi connectivity index (χ2n) is 2.35. The van der Waals surface area contributed by atoms with E-state index in [1.165, 1.54) is 0 Å². The summed E-state index contributed by atoms with van der Waals surface area (Å²) in [4.78, 5) is 0. The fourth-order valence-electron chi connectivity index (χ4n) is 0.765. The molecule has 0 atom stereocenters. The van der Waals surface area contributed by atoms with Crippen molar-refractivity contribution in [1.82, 2.24) is 0 Å². The maximum absolute atomic E-state index is 11.7. The number of hydrogen-bond acceptors (Lipinski definition) is 1. The first-order valence-electron chi connectivity index (χ1n) is 2.62. The third kappa shape index (κ3) is 1.33. The van der Waals surface area contributed by atoms with Crippen molar-refractivity contribution >= 4 is 12.4 Å². The van der Waals surface area contributed by atoms with Crippen molar-refractivity contribution in [3.8, 4) is 0 Å². The molecule has 1 aliphatic carbocycles. The van der Waals surface area contributed by atoms with Crippen molar-refractivity contribution in [1.29, 1.82) is 0 Å². The van der Waals surface area contributed by atoms with Crippen LogP contribution in [0.15, 0.2) is 0 Å². The second kappa shape index (κ2) is 2.65. The zero-order valence-electron chi connectivity index (χ0n) is 4.69. The SMILES string of the molecule is Cl.NC1(CF)CCC1. The predicted octanol–water partition coefficient (Wildman–Crippen LogP) is 1.26. The van der Waals surface area contributed by atoms with E-state index >= 15 is 0 Å². The first kappa shape index (κ1) is 8.18. The van der Waals surface area contributed by atoms with E-state index in [0.717, 1.165) is 19.3 Å². The first-order chi connectivity index (χ1) is 3.27. The molecule has 0 aromatic carbocycles. The highest BCUT2D eigenvalue weighted by atomic mass is 35.5. The van der Waals surface area contributed by atoms with Crippen molar-refractivity contribution < 1.29 is 4.39 Å². The van der Waals surface area contributed by atoms with E-state index in [2.05, 4.69) is 0 Å². The molecule has 0 radical (unpaired) electrons. The van der Waals surface area contributed by atoms with Crippen LogP contribution in [0.25, 0.3) is 0 Å². The van der Waals surface area contributed by atoms with Crippen LogP contribution >= 0.6 is 12.4 Å². The minimum absolute atomic E-state index is 0. The summed E-state index contributed by atoms with van der Waals surface area (Å²) in [7, 11) is 0. The fraction of sp³-hybridized carbons (Fsp3) is 1.00. The molecule has 1 saturated carbocycles. The molecule has 1 rings (SSSR count). The van der Waals surface area contributed by atoms with Crippen LogP contribution in [0.3, 0.4) is 0 Å². The van der Waals surface area contributed by atoms with E-state index < -0.39 is 5.54 Å². The topological polar surface area (TPSA) is 26.0 Å². The second-order valence-corrected chi connectivity index (χ2v) is 2.35. The van der Waals surface area contributed by atoms with E-state index in [-0.39, 0.29) is 19.1 Å². The molecule has 1 nitrogen and oxygen atoms in total. The summed E-state index contributed by atoms with van der Waals surface area (Å²) in [5, 5.41) is 0. The lowest BCUT2D eigenvalue weighted by molar-refractivity contribution is 0.191. The third-order valence-electron chi connectivity index (χ3n) is 1.62. The summed E-state index contributed by atoms with van der Waals surface area (Å²) in [5.74, 6) is 0. The largest absolute Gasteiger partial charge is 0.323 e. The monoisotopic (exact) mass is 139 g/mol. The van der Waals surface area contributed by atoms with Crippen molar-refractivity contribution in [2.75, 3.05) is 6.67 Å². The highest BCUT2D eigenvalue weighted by molar-refractivity contribution is 5.85. The summed E-state index contributed by atoms with van der Waals surface area (Å²) in [6.07, 6.45) is 2.87. The molecule has 0 aromatic rings. The molecule has 0 spiro atoms. The van der Waals surface area contributed by atoms with Gasteiger partial charge in [-0.05, 0) is 19.3 Å². The molecule has 1 fully saturated rings. The number of halogens is 2. The molecule has 8 heavy (non-hydrogen) atoms. The van der Waals surface area contributed by atoms with Gasteiger partial charge in [-0.15, -0.1) is 12.4 Å². The van der Waals surface area contributed by atoms with Gasteiger partial charge in [0.05, 0.1) is 0 Å². The van der Waals surface area contributed by atoms with Gasteiger partial charge in [-0.1, -0.05) is 0 Å². The summed E-state index contributed by atoms with van der Waals surface area (Å²) in [6, 6.07) is 0. The van der Waals surface area contributed by atoms with Crippen LogP contribution in [-0.2, 0) is 0 Å². The molecule has 50 valence electrons. The summed E-state index contributed by atoms with van der Waals surface area (Å²) in [5.41, 5.74) is 5.02. The van der Waals surface area contributed by atoms with Gasteiger partial charge in [-0.25, -0.2) is 4.39 Å². The molecule has 0 amide bonds. The quantitative estimate of drug-likeness (QED) is 0.582. The van der Waals surface area contributed by atoms with Gasteiger partial charge >= 0.3 is 0 Å². The van der Waals surface area contributed by atoms with Crippen LogP contribution in [0.2, 0.25) is 0 Å². The Morgan fingerprint density at radius 1 is 1.50 bits per heavy atom. The summed E-state index contributed by atoms with van der Waals surface area (Å²) >= 11 is 0. The fourth-order valence-corrected chi connectivity index (χ4v) is 0.765. The summed E-state index contributed by atoms with van der Waals surface area (Å²) in [6.45, 7) is -0.340. The van der Waals surface area contributed by atoms with Crippen LogP contribution in [0.5, 0.6) is 0 Å². The Balaban J connectivity index is 0.000000490.